The number of rotatable bonds is 5. The number of anilines is 1. The number of nitrogens with zero attached hydrogens (tertiary/aromatic N) is 1. The molecule has 1 amide bonds. The number of hydrogen-bond acceptors (Lipinski definition) is 6. The summed E-state index contributed by atoms with van der Waals surface area (Å²) < 4.78 is 17.0. The van der Waals surface area contributed by atoms with Crippen molar-refractivity contribution in [3.8, 4) is 5.75 Å². The quantitative estimate of drug-likeness (QED) is 0.246. The van der Waals surface area contributed by atoms with Crippen LogP contribution in [0.3, 0.4) is 0 Å². The first-order valence-electron chi connectivity index (χ1n) is 17.3. The van der Waals surface area contributed by atoms with Crippen molar-refractivity contribution >= 4 is 63.3 Å². The average molecular weight is 715 g/mol. The third-order valence-electron chi connectivity index (χ3n) is 10.9. The van der Waals surface area contributed by atoms with E-state index in [1.807, 2.05) is 25.3 Å². The Bertz CT molecular complexity index is 1480. The fraction of sp³-hybridized carbons (Fsp3) is 0.579. The standard InChI is InChI=1S/C38H51ClN2O3S3/c1-6-9-27-20-31(39)13-14-32(27)30-23-41-22-29-11-15-33(29)38(43-4,37-45-18-8-19-46-37)17-7-10-25(2)26(3)47(5)40-36(42)28-12-16-35(44-24-30)34(41)21-28/h7,12-14,16-17,20-21,25-26,29-30,33,37H,5-6,8-11,15,18-19,22-24H2,1-4H3,(H,40,42)/b17-7+. The molecule has 1 saturated carbocycles. The Morgan fingerprint density at radius 1 is 1.15 bits per heavy atom. The fourth-order valence-corrected chi connectivity index (χ4v) is 12.6. The number of ether oxygens (including phenoxy) is 2. The highest BCUT2D eigenvalue weighted by molar-refractivity contribution is 8.17. The number of halogens is 1. The van der Waals surface area contributed by atoms with Crippen LogP contribution in [0, 0.1) is 17.8 Å². The molecule has 7 unspecified atom stereocenters. The topological polar surface area (TPSA) is 50.8 Å². The van der Waals surface area contributed by atoms with Gasteiger partial charge in [0.25, 0.3) is 5.91 Å². The van der Waals surface area contributed by atoms with E-state index in [0.717, 1.165) is 55.2 Å². The number of thioether (sulfide) groups is 2. The molecule has 1 N–H and O–H groups in total. The summed E-state index contributed by atoms with van der Waals surface area (Å²) in [6.45, 7) is 9.01. The van der Waals surface area contributed by atoms with Crippen molar-refractivity contribution < 1.29 is 14.3 Å². The van der Waals surface area contributed by atoms with Crippen molar-refractivity contribution in [2.45, 2.75) is 80.6 Å². The number of aryl methyl sites for hydroxylation is 1. The lowest BCUT2D eigenvalue weighted by Gasteiger charge is -2.53. The molecule has 47 heavy (non-hydrogen) atoms. The monoisotopic (exact) mass is 714 g/mol. The number of allylic oxidation sites excluding steroid dienone is 1. The fourth-order valence-electron chi connectivity index (χ4n) is 7.77. The lowest BCUT2D eigenvalue weighted by Crippen LogP contribution is -2.56. The molecule has 6 rings (SSSR count). The van der Waals surface area contributed by atoms with Gasteiger partial charge in [0.15, 0.2) is 0 Å². The summed E-state index contributed by atoms with van der Waals surface area (Å²) in [5.74, 6) is 8.99. The minimum absolute atomic E-state index is 0.0669. The van der Waals surface area contributed by atoms with Crippen molar-refractivity contribution in [1.82, 2.24) is 4.72 Å². The van der Waals surface area contributed by atoms with E-state index in [0.29, 0.717) is 34.5 Å². The molecule has 0 aromatic heterocycles. The maximum atomic E-state index is 13.7. The second-order valence-electron chi connectivity index (χ2n) is 13.8. The zero-order valence-electron chi connectivity index (χ0n) is 28.3. The molecular formula is C38H51ClN2O3S3. The lowest BCUT2D eigenvalue weighted by atomic mass is 9.64. The van der Waals surface area contributed by atoms with Crippen molar-refractivity contribution in [1.29, 1.82) is 0 Å². The molecular weight excluding hydrogens is 664 g/mol. The van der Waals surface area contributed by atoms with E-state index in [9.17, 15) is 4.79 Å². The first-order valence-corrected chi connectivity index (χ1v) is 21.3. The van der Waals surface area contributed by atoms with E-state index in [2.05, 4.69) is 90.1 Å². The van der Waals surface area contributed by atoms with E-state index in [4.69, 9.17) is 21.1 Å². The van der Waals surface area contributed by atoms with Gasteiger partial charge >= 0.3 is 0 Å². The third-order valence-corrected chi connectivity index (χ3v) is 16.1. The maximum absolute atomic E-state index is 13.7. The number of amides is 1. The minimum atomic E-state index is -0.525. The normalized spacial score (nSPS) is 32.7. The SMILES string of the molecule is C=S1NC(=O)c2ccc3c(c2)N(CC(c2ccc(Cl)cc2CCC)CO3)CC2CCC2C(OC)(C2SCCCS2)/C=C/CC(C)C1C. The molecule has 3 heterocycles. The Morgan fingerprint density at radius 2 is 1.96 bits per heavy atom. The van der Waals surface area contributed by atoms with E-state index < -0.39 is 10.7 Å². The Hall–Kier alpha value is -1.58. The molecule has 0 radical (unpaired) electrons. The van der Waals surface area contributed by atoms with E-state index in [1.54, 1.807) is 0 Å². The Balaban J connectivity index is 1.42. The second-order valence-corrected chi connectivity index (χ2v) is 18.8. The first-order chi connectivity index (χ1) is 22.7. The predicted octanol–water partition coefficient (Wildman–Crippen LogP) is 9.21. The van der Waals surface area contributed by atoms with Crippen molar-refractivity contribution in [3.63, 3.8) is 0 Å². The zero-order valence-corrected chi connectivity index (χ0v) is 31.5. The van der Waals surface area contributed by atoms with E-state index in [-0.39, 0.29) is 22.7 Å². The number of carbonyl (C=O) groups excluding carboxylic acids is 1. The van der Waals surface area contributed by atoms with Crippen LogP contribution < -0.4 is 14.4 Å². The summed E-state index contributed by atoms with van der Waals surface area (Å²) in [6, 6.07) is 12.3. The largest absolute Gasteiger partial charge is 0.491 e. The molecule has 0 spiro atoms. The second kappa shape index (κ2) is 15.5. The van der Waals surface area contributed by atoms with Crippen LogP contribution in [0.4, 0.5) is 5.69 Å². The molecule has 3 aliphatic heterocycles. The van der Waals surface area contributed by atoms with Gasteiger partial charge in [-0.2, -0.15) is 0 Å². The zero-order chi connectivity index (χ0) is 33.1. The van der Waals surface area contributed by atoms with Gasteiger partial charge in [-0.25, -0.2) is 0 Å². The van der Waals surface area contributed by atoms with Gasteiger partial charge in [0.1, 0.15) is 11.4 Å². The van der Waals surface area contributed by atoms with E-state index >= 15 is 0 Å². The van der Waals surface area contributed by atoms with Crippen LogP contribution in [-0.2, 0) is 11.2 Å². The number of methoxy groups -OCH3 is 1. The Morgan fingerprint density at radius 3 is 2.68 bits per heavy atom. The molecule has 1 saturated heterocycles. The Kier molecular flexibility index (Phi) is 11.7. The summed E-state index contributed by atoms with van der Waals surface area (Å²) in [6.07, 6.45) is 11.4. The van der Waals surface area contributed by atoms with Gasteiger partial charge in [0, 0.05) is 42.0 Å². The van der Waals surface area contributed by atoms with Gasteiger partial charge in [-0.1, -0.05) is 73.6 Å². The number of benzene rings is 2. The van der Waals surface area contributed by atoms with Crippen LogP contribution in [0.1, 0.15) is 80.3 Å². The molecule has 2 aromatic carbocycles. The molecule has 2 fully saturated rings. The smallest absolute Gasteiger partial charge is 0.260 e. The highest BCUT2D eigenvalue weighted by Crippen LogP contribution is 2.53. The van der Waals surface area contributed by atoms with Gasteiger partial charge in [0.2, 0.25) is 0 Å². The van der Waals surface area contributed by atoms with Crippen LogP contribution in [0.5, 0.6) is 5.75 Å². The van der Waals surface area contributed by atoms with Gasteiger partial charge in [-0.3, -0.25) is 4.79 Å². The molecule has 9 heteroatoms. The van der Waals surface area contributed by atoms with Crippen LogP contribution >= 0.6 is 45.8 Å². The van der Waals surface area contributed by atoms with Gasteiger partial charge in [0.05, 0.1) is 16.9 Å². The van der Waals surface area contributed by atoms with Crippen LogP contribution in [-0.4, -0.2) is 65.5 Å². The lowest BCUT2D eigenvalue weighted by molar-refractivity contribution is -0.0637. The summed E-state index contributed by atoms with van der Waals surface area (Å²) in [4.78, 5) is 16.2. The summed E-state index contributed by atoms with van der Waals surface area (Å²) >= 11 is 10.7. The van der Waals surface area contributed by atoms with Gasteiger partial charge in [-0.05, 0) is 103 Å². The number of nitrogens with one attached hydrogen (secondary N) is 1. The summed E-state index contributed by atoms with van der Waals surface area (Å²) in [7, 11) is 1.42. The molecule has 4 aliphatic rings. The Labute approximate surface area is 298 Å². The molecule has 2 bridgehead atoms. The minimum Gasteiger partial charge on any atom is -0.491 e. The highest BCUT2D eigenvalue weighted by Gasteiger charge is 2.52. The summed E-state index contributed by atoms with van der Waals surface area (Å²) in [5, 5.41) is 1.02. The summed E-state index contributed by atoms with van der Waals surface area (Å²) in [5.41, 5.74) is 3.96. The number of fused-ring (bicyclic) bond motifs is 2. The van der Waals surface area contributed by atoms with Crippen LogP contribution in [0.2, 0.25) is 5.02 Å². The highest BCUT2D eigenvalue weighted by atomic mass is 35.5. The maximum Gasteiger partial charge on any atom is 0.260 e. The molecule has 7 atom stereocenters. The van der Waals surface area contributed by atoms with Crippen LogP contribution in [0.25, 0.3) is 0 Å². The number of hydrogen-bond donors (Lipinski definition) is 1. The molecule has 2 aromatic rings. The van der Waals surface area contributed by atoms with E-state index in [1.165, 1.54) is 35.5 Å². The van der Waals surface area contributed by atoms with Crippen LogP contribution in [0.15, 0.2) is 48.6 Å². The molecule has 1 aliphatic carbocycles. The number of carbonyl (C=O) groups is 1. The molecule has 256 valence electrons. The van der Waals surface area contributed by atoms with Crippen molar-refractivity contribution in [2.75, 3.05) is 43.2 Å². The van der Waals surface area contributed by atoms with Crippen molar-refractivity contribution in [3.05, 3.63) is 70.3 Å². The van der Waals surface area contributed by atoms with Gasteiger partial charge in [-0.15, -0.1) is 23.5 Å². The first kappa shape index (κ1) is 35.3. The molecule has 5 nitrogen and oxygen atoms in total. The predicted molar refractivity (Wildman–Crippen MR) is 206 cm³/mol. The van der Waals surface area contributed by atoms with Crippen molar-refractivity contribution in [2.24, 2.45) is 17.8 Å². The average Bonchev–Trinajstić information content (AvgIpc) is 3.24. The third kappa shape index (κ3) is 7.47. The van der Waals surface area contributed by atoms with Gasteiger partial charge < -0.3 is 19.1 Å².